The molecule has 2 aromatic rings. The normalized spacial score (nSPS) is 14.4. The van der Waals surface area contributed by atoms with Gasteiger partial charge in [-0.3, -0.25) is 9.59 Å². The highest BCUT2D eigenvalue weighted by Gasteiger charge is 2.33. The van der Waals surface area contributed by atoms with E-state index in [0.29, 0.717) is 17.9 Å². The Morgan fingerprint density at radius 2 is 1.86 bits per heavy atom. The minimum Gasteiger partial charge on any atom is -0.494 e. The maximum atomic E-state index is 12.8. The van der Waals surface area contributed by atoms with E-state index in [-0.39, 0.29) is 19.1 Å². The van der Waals surface area contributed by atoms with Crippen molar-refractivity contribution in [3.05, 3.63) is 65.7 Å². The zero-order valence-corrected chi connectivity index (χ0v) is 16.3. The summed E-state index contributed by atoms with van der Waals surface area (Å²) in [7, 11) is 0. The number of amides is 3. The van der Waals surface area contributed by atoms with Crippen molar-refractivity contribution in [1.82, 2.24) is 10.2 Å². The molecular formula is C22H24N2O5. The summed E-state index contributed by atoms with van der Waals surface area (Å²) >= 11 is 0. The van der Waals surface area contributed by atoms with E-state index >= 15 is 0 Å². The Labute approximate surface area is 169 Å². The van der Waals surface area contributed by atoms with Crippen molar-refractivity contribution in [2.24, 2.45) is 0 Å². The van der Waals surface area contributed by atoms with Gasteiger partial charge in [0.2, 0.25) is 0 Å². The molecule has 0 radical (unpaired) electrons. The first kappa shape index (κ1) is 20.4. The maximum absolute atomic E-state index is 12.8. The first-order valence-electron chi connectivity index (χ1n) is 9.64. The molecule has 3 rings (SSSR count). The molecule has 0 bridgehead atoms. The average Bonchev–Trinajstić information content (AvgIpc) is 3.06. The number of hydrogen-bond acceptors (Lipinski definition) is 5. The number of benzene rings is 2. The van der Waals surface area contributed by atoms with Crippen molar-refractivity contribution in [2.75, 3.05) is 19.8 Å². The Hall–Kier alpha value is -3.35. The third kappa shape index (κ3) is 5.34. The SMILES string of the molecule is CCCCOc1ccc(C(=O)NC(CN2C(=O)COC2=O)c2ccccc2)cc1. The second-order valence-electron chi connectivity index (χ2n) is 6.72. The Bertz CT molecular complexity index is 835. The van der Waals surface area contributed by atoms with Crippen molar-refractivity contribution in [1.29, 1.82) is 0 Å². The van der Waals surface area contributed by atoms with E-state index < -0.39 is 18.0 Å². The number of hydrogen-bond donors (Lipinski definition) is 1. The van der Waals surface area contributed by atoms with Crippen molar-refractivity contribution in [3.8, 4) is 5.75 Å². The van der Waals surface area contributed by atoms with Crippen LogP contribution in [-0.2, 0) is 9.53 Å². The molecule has 1 fully saturated rings. The molecule has 3 amide bonds. The number of carbonyl (C=O) groups excluding carboxylic acids is 3. The molecule has 7 heteroatoms. The fourth-order valence-electron chi connectivity index (χ4n) is 2.94. The smallest absolute Gasteiger partial charge is 0.417 e. The first-order valence-corrected chi connectivity index (χ1v) is 9.64. The van der Waals surface area contributed by atoms with Crippen LogP contribution >= 0.6 is 0 Å². The predicted molar refractivity (Wildman–Crippen MR) is 107 cm³/mol. The van der Waals surface area contributed by atoms with Crippen LogP contribution in [0.4, 0.5) is 4.79 Å². The number of unbranched alkanes of at least 4 members (excludes halogenated alkanes) is 1. The number of cyclic esters (lactones) is 1. The van der Waals surface area contributed by atoms with Gasteiger partial charge in [0.15, 0.2) is 6.61 Å². The Balaban J connectivity index is 1.71. The fraction of sp³-hybridized carbons (Fsp3) is 0.318. The molecule has 2 aromatic carbocycles. The summed E-state index contributed by atoms with van der Waals surface area (Å²) in [4.78, 5) is 37.5. The number of imide groups is 1. The van der Waals surface area contributed by atoms with Crippen LogP contribution in [0.2, 0.25) is 0 Å². The zero-order valence-electron chi connectivity index (χ0n) is 16.3. The minimum atomic E-state index is -0.696. The third-order valence-corrected chi connectivity index (χ3v) is 4.60. The van der Waals surface area contributed by atoms with E-state index in [1.54, 1.807) is 24.3 Å². The van der Waals surface area contributed by atoms with Gasteiger partial charge in [-0.1, -0.05) is 43.7 Å². The molecule has 7 nitrogen and oxygen atoms in total. The van der Waals surface area contributed by atoms with Gasteiger partial charge in [0.25, 0.3) is 11.8 Å². The highest BCUT2D eigenvalue weighted by Crippen LogP contribution is 2.19. The highest BCUT2D eigenvalue weighted by atomic mass is 16.6. The fourth-order valence-corrected chi connectivity index (χ4v) is 2.94. The average molecular weight is 396 g/mol. The summed E-state index contributed by atoms with van der Waals surface area (Å²) in [5.41, 5.74) is 1.25. The van der Waals surface area contributed by atoms with Gasteiger partial charge in [-0.05, 0) is 36.2 Å². The van der Waals surface area contributed by atoms with Crippen LogP contribution < -0.4 is 10.1 Å². The van der Waals surface area contributed by atoms with Crippen molar-refractivity contribution >= 4 is 17.9 Å². The molecule has 1 aliphatic heterocycles. The molecule has 1 atom stereocenters. The van der Waals surface area contributed by atoms with Crippen molar-refractivity contribution in [3.63, 3.8) is 0 Å². The van der Waals surface area contributed by atoms with Gasteiger partial charge in [-0.25, -0.2) is 9.69 Å². The Morgan fingerprint density at radius 3 is 2.48 bits per heavy atom. The zero-order chi connectivity index (χ0) is 20.6. The molecule has 1 unspecified atom stereocenters. The van der Waals surface area contributed by atoms with Crippen LogP contribution in [-0.4, -0.2) is 42.6 Å². The summed E-state index contributed by atoms with van der Waals surface area (Å²) in [6, 6.07) is 15.5. The van der Waals surface area contributed by atoms with Crippen LogP contribution in [0, 0.1) is 0 Å². The maximum Gasteiger partial charge on any atom is 0.417 e. The van der Waals surface area contributed by atoms with Crippen molar-refractivity contribution < 1.29 is 23.9 Å². The summed E-state index contributed by atoms with van der Waals surface area (Å²) in [5.74, 6) is -0.0160. The summed E-state index contributed by atoms with van der Waals surface area (Å²) < 4.78 is 10.4. The molecular weight excluding hydrogens is 372 g/mol. The van der Waals surface area contributed by atoms with E-state index in [2.05, 4.69) is 12.2 Å². The lowest BCUT2D eigenvalue weighted by molar-refractivity contribution is -0.126. The first-order chi connectivity index (χ1) is 14.1. The van der Waals surface area contributed by atoms with Gasteiger partial charge in [0.05, 0.1) is 19.2 Å². The van der Waals surface area contributed by atoms with Gasteiger partial charge in [-0.2, -0.15) is 0 Å². The number of nitrogens with zero attached hydrogens (tertiary/aromatic N) is 1. The van der Waals surface area contributed by atoms with Gasteiger partial charge in [0.1, 0.15) is 5.75 Å². The van der Waals surface area contributed by atoms with Crippen molar-refractivity contribution in [2.45, 2.75) is 25.8 Å². The Morgan fingerprint density at radius 1 is 1.14 bits per heavy atom. The standard InChI is InChI=1S/C22H24N2O5/c1-2-3-13-28-18-11-9-17(10-12-18)21(26)23-19(16-7-5-4-6-8-16)14-24-20(25)15-29-22(24)27/h4-12,19H,2-3,13-15H2,1H3,(H,23,26). The number of nitrogens with one attached hydrogen (secondary N) is 1. The molecule has 1 heterocycles. The third-order valence-electron chi connectivity index (χ3n) is 4.60. The molecule has 1 N–H and O–H groups in total. The quantitative estimate of drug-likeness (QED) is 0.658. The van der Waals surface area contributed by atoms with E-state index in [1.807, 2.05) is 30.3 Å². The van der Waals surface area contributed by atoms with Gasteiger partial charge < -0.3 is 14.8 Å². The lowest BCUT2D eigenvalue weighted by Crippen LogP contribution is -2.40. The van der Waals surface area contributed by atoms with Gasteiger partial charge >= 0.3 is 6.09 Å². The highest BCUT2D eigenvalue weighted by molar-refractivity contribution is 5.98. The summed E-state index contributed by atoms with van der Waals surface area (Å²) in [5, 5.41) is 2.91. The van der Waals surface area contributed by atoms with Crippen LogP contribution in [0.25, 0.3) is 0 Å². The monoisotopic (exact) mass is 396 g/mol. The molecule has 152 valence electrons. The minimum absolute atomic E-state index is 0.00559. The van der Waals surface area contributed by atoms with Crippen LogP contribution in [0.1, 0.15) is 41.7 Å². The van der Waals surface area contributed by atoms with E-state index in [1.165, 1.54) is 0 Å². The molecule has 0 aromatic heterocycles. The lowest BCUT2D eigenvalue weighted by Gasteiger charge is -2.23. The second kappa shape index (κ2) is 9.73. The predicted octanol–water partition coefficient (Wildman–Crippen LogP) is 3.32. The molecule has 0 aliphatic carbocycles. The van der Waals surface area contributed by atoms with Gasteiger partial charge in [-0.15, -0.1) is 0 Å². The number of rotatable bonds is 9. The largest absolute Gasteiger partial charge is 0.494 e. The molecule has 0 saturated carbocycles. The van der Waals surface area contributed by atoms with E-state index in [4.69, 9.17) is 9.47 Å². The number of ether oxygens (including phenoxy) is 2. The van der Waals surface area contributed by atoms with E-state index in [9.17, 15) is 14.4 Å². The van der Waals surface area contributed by atoms with E-state index in [0.717, 1.165) is 23.3 Å². The molecule has 0 spiro atoms. The van der Waals surface area contributed by atoms with Crippen LogP contribution in [0.3, 0.4) is 0 Å². The van der Waals surface area contributed by atoms with Gasteiger partial charge in [0, 0.05) is 5.56 Å². The Kier molecular flexibility index (Phi) is 6.84. The topological polar surface area (TPSA) is 84.9 Å². The summed E-state index contributed by atoms with van der Waals surface area (Å²) in [6.07, 6.45) is 1.33. The second-order valence-corrected chi connectivity index (χ2v) is 6.72. The van der Waals surface area contributed by atoms with Crippen LogP contribution in [0.5, 0.6) is 5.75 Å². The van der Waals surface area contributed by atoms with Crippen LogP contribution in [0.15, 0.2) is 54.6 Å². The summed E-state index contributed by atoms with van der Waals surface area (Å²) in [6.45, 7) is 2.47. The lowest BCUT2D eigenvalue weighted by atomic mass is 10.1. The molecule has 1 saturated heterocycles. The molecule has 29 heavy (non-hydrogen) atoms. The molecule has 1 aliphatic rings. The number of carbonyl (C=O) groups is 3.